The second-order valence-electron chi connectivity index (χ2n) is 6.10. The number of hydrogen-bond donors (Lipinski definition) is 0. The highest BCUT2D eigenvalue weighted by atomic mass is 35.5. The van der Waals surface area contributed by atoms with Gasteiger partial charge in [-0.15, -0.1) is 0 Å². The van der Waals surface area contributed by atoms with E-state index in [0.717, 1.165) is 11.3 Å². The number of nitrogens with zero attached hydrogens (tertiary/aromatic N) is 3. The van der Waals surface area contributed by atoms with Crippen molar-refractivity contribution >= 4 is 33.0 Å². The van der Waals surface area contributed by atoms with Crippen molar-refractivity contribution in [3.63, 3.8) is 0 Å². The predicted molar refractivity (Wildman–Crippen MR) is 100 cm³/mol. The molecule has 1 saturated heterocycles. The second-order valence-corrected chi connectivity index (χ2v) is 8.41. The zero-order valence-corrected chi connectivity index (χ0v) is 15.7. The number of benzene rings is 2. The molecule has 3 rings (SSSR count). The van der Waals surface area contributed by atoms with Gasteiger partial charge in [-0.25, -0.2) is 8.42 Å². The van der Waals surface area contributed by atoms with Crippen LogP contribution in [0, 0.1) is 17.0 Å². The molecule has 2 aromatic rings. The summed E-state index contributed by atoms with van der Waals surface area (Å²) in [6, 6.07) is 11.2. The molecule has 0 atom stereocenters. The van der Waals surface area contributed by atoms with Crippen LogP contribution < -0.4 is 4.90 Å². The molecule has 0 radical (unpaired) electrons. The average molecular weight is 396 g/mol. The van der Waals surface area contributed by atoms with Crippen LogP contribution in [0.25, 0.3) is 0 Å². The number of anilines is 1. The van der Waals surface area contributed by atoms with Gasteiger partial charge in [-0.05, 0) is 36.8 Å². The maximum atomic E-state index is 12.8. The first-order valence-corrected chi connectivity index (χ1v) is 9.86. The predicted octanol–water partition coefficient (Wildman–Crippen LogP) is 3.07. The lowest BCUT2D eigenvalue weighted by Gasteiger charge is -2.35. The molecule has 26 heavy (non-hydrogen) atoms. The van der Waals surface area contributed by atoms with Crippen LogP contribution in [0.2, 0.25) is 5.02 Å². The van der Waals surface area contributed by atoms with Gasteiger partial charge >= 0.3 is 0 Å². The molecule has 0 aromatic heterocycles. The summed E-state index contributed by atoms with van der Waals surface area (Å²) >= 11 is 6.13. The van der Waals surface area contributed by atoms with Crippen LogP contribution >= 0.6 is 11.6 Å². The quantitative estimate of drug-likeness (QED) is 0.586. The number of non-ortho nitro benzene ring substituents is 1. The van der Waals surface area contributed by atoms with Crippen molar-refractivity contribution < 1.29 is 13.3 Å². The van der Waals surface area contributed by atoms with Crippen molar-refractivity contribution in [2.24, 2.45) is 0 Å². The van der Waals surface area contributed by atoms with Gasteiger partial charge in [0.2, 0.25) is 10.0 Å². The van der Waals surface area contributed by atoms with E-state index >= 15 is 0 Å². The molecule has 2 aromatic carbocycles. The van der Waals surface area contributed by atoms with E-state index in [0.29, 0.717) is 26.2 Å². The number of aryl methyl sites for hydroxylation is 1. The zero-order chi connectivity index (χ0) is 18.9. The minimum absolute atomic E-state index is 0.0315. The first-order chi connectivity index (χ1) is 12.3. The van der Waals surface area contributed by atoms with Crippen LogP contribution in [-0.4, -0.2) is 43.8 Å². The summed E-state index contributed by atoms with van der Waals surface area (Å²) in [5.74, 6) is 0. The maximum absolute atomic E-state index is 12.8. The highest BCUT2D eigenvalue weighted by molar-refractivity contribution is 7.89. The summed E-state index contributed by atoms with van der Waals surface area (Å²) in [4.78, 5) is 12.4. The number of halogens is 1. The van der Waals surface area contributed by atoms with E-state index in [4.69, 9.17) is 11.6 Å². The molecule has 0 unspecified atom stereocenters. The molecular weight excluding hydrogens is 378 g/mol. The third-order valence-electron chi connectivity index (χ3n) is 4.37. The molecule has 0 bridgehead atoms. The Labute approximate surface area is 157 Å². The fourth-order valence-electron chi connectivity index (χ4n) is 2.93. The fourth-order valence-corrected chi connectivity index (χ4v) is 4.92. The average Bonchev–Trinajstić information content (AvgIpc) is 2.61. The highest BCUT2D eigenvalue weighted by Gasteiger charge is 2.30. The van der Waals surface area contributed by atoms with Gasteiger partial charge in [0.25, 0.3) is 5.69 Å². The monoisotopic (exact) mass is 395 g/mol. The van der Waals surface area contributed by atoms with Crippen LogP contribution in [-0.2, 0) is 10.0 Å². The number of rotatable bonds is 4. The summed E-state index contributed by atoms with van der Waals surface area (Å²) in [7, 11) is -3.65. The van der Waals surface area contributed by atoms with Gasteiger partial charge in [-0.3, -0.25) is 10.1 Å². The van der Waals surface area contributed by atoms with Gasteiger partial charge in [0.05, 0.1) is 9.95 Å². The smallest absolute Gasteiger partial charge is 0.269 e. The summed E-state index contributed by atoms with van der Waals surface area (Å²) in [5.41, 5.74) is 1.77. The van der Waals surface area contributed by atoms with Crippen molar-refractivity contribution in [3.05, 3.63) is 63.2 Å². The maximum Gasteiger partial charge on any atom is 0.269 e. The van der Waals surface area contributed by atoms with Crippen molar-refractivity contribution in [2.75, 3.05) is 31.1 Å². The Balaban J connectivity index is 1.72. The number of hydrogen-bond acceptors (Lipinski definition) is 5. The van der Waals surface area contributed by atoms with Crippen LogP contribution in [0.3, 0.4) is 0 Å². The molecule has 0 saturated carbocycles. The largest absolute Gasteiger partial charge is 0.369 e. The number of nitro benzene ring substituents is 1. The number of nitro groups is 1. The lowest BCUT2D eigenvalue weighted by atomic mass is 10.2. The van der Waals surface area contributed by atoms with Gasteiger partial charge in [-0.1, -0.05) is 17.7 Å². The standard InChI is InChI=1S/C17H18ClN3O4S/c1-13-2-7-17(16(18)12-13)26(24,25)20-10-8-19(9-11-20)14-3-5-15(6-4-14)21(22)23/h2-7,12H,8-11H2,1H3. The van der Waals surface area contributed by atoms with E-state index in [9.17, 15) is 18.5 Å². The molecule has 7 nitrogen and oxygen atoms in total. The lowest BCUT2D eigenvalue weighted by molar-refractivity contribution is -0.384. The van der Waals surface area contributed by atoms with E-state index < -0.39 is 14.9 Å². The zero-order valence-electron chi connectivity index (χ0n) is 14.1. The highest BCUT2D eigenvalue weighted by Crippen LogP contribution is 2.27. The third-order valence-corrected chi connectivity index (χ3v) is 6.75. The van der Waals surface area contributed by atoms with Gasteiger partial charge in [0, 0.05) is 44.0 Å². The Kier molecular flexibility index (Phi) is 5.17. The van der Waals surface area contributed by atoms with E-state index in [1.54, 1.807) is 24.3 Å². The summed E-state index contributed by atoms with van der Waals surface area (Å²) in [6.07, 6.45) is 0. The molecule has 0 amide bonds. The molecule has 9 heteroatoms. The van der Waals surface area contributed by atoms with Gasteiger partial charge < -0.3 is 4.90 Å². The minimum Gasteiger partial charge on any atom is -0.369 e. The summed E-state index contributed by atoms with van der Waals surface area (Å²) < 4.78 is 27.1. The summed E-state index contributed by atoms with van der Waals surface area (Å²) in [5, 5.41) is 11.0. The molecular formula is C17H18ClN3O4S. The molecule has 0 N–H and O–H groups in total. The van der Waals surface area contributed by atoms with Crippen molar-refractivity contribution in [1.82, 2.24) is 4.31 Å². The SMILES string of the molecule is Cc1ccc(S(=O)(=O)N2CCN(c3ccc([N+](=O)[O-])cc3)CC2)c(Cl)c1. The molecule has 0 aliphatic carbocycles. The molecule has 1 fully saturated rings. The van der Waals surface area contributed by atoms with Gasteiger partial charge in [0.15, 0.2) is 0 Å². The lowest BCUT2D eigenvalue weighted by Crippen LogP contribution is -2.48. The van der Waals surface area contributed by atoms with Crippen LogP contribution in [0.1, 0.15) is 5.56 Å². The Morgan fingerprint density at radius 1 is 1.04 bits per heavy atom. The molecule has 138 valence electrons. The Morgan fingerprint density at radius 3 is 2.19 bits per heavy atom. The first-order valence-electron chi connectivity index (χ1n) is 8.05. The van der Waals surface area contributed by atoms with E-state index in [2.05, 4.69) is 0 Å². The van der Waals surface area contributed by atoms with Gasteiger partial charge in [-0.2, -0.15) is 4.31 Å². The molecule has 0 spiro atoms. The van der Waals surface area contributed by atoms with E-state index in [1.807, 2.05) is 11.8 Å². The second kappa shape index (κ2) is 7.22. The minimum atomic E-state index is -3.65. The number of sulfonamides is 1. The van der Waals surface area contributed by atoms with Gasteiger partial charge in [0.1, 0.15) is 4.90 Å². The Bertz CT molecular complexity index is 924. The van der Waals surface area contributed by atoms with Crippen LogP contribution in [0.5, 0.6) is 0 Å². The van der Waals surface area contributed by atoms with Crippen molar-refractivity contribution in [1.29, 1.82) is 0 Å². The van der Waals surface area contributed by atoms with Crippen LogP contribution in [0.15, 0.2) is 47.4 Å². The topological polar surface area (TPSA) is 83.8 Å². The van der Waals surface area contributed by atoms with E-state index in [1.165, 1.54) is 22.5 Å². The van der Waals surface area contributed by atoms with Crippen LogP contribution in [0.4, 0.5) is 11.4 Å². The first kappa shape index (κ1) is 18.6. The Hall–Kier alpha value is -2.16. The third kappa shape index (κ3) is 3.67. The molecule has 1 heterocycles. The molecule has 1 aliphatic heterocycles. The van der Waals surface area contributed by atoms with Crippen molar-refractivity contribution in [3.8, 4) is 0 Å². The number of piperazine rings is 1. The normalized spacial score (nSPS) is 15.8. The van der Waals surface area contributed by atoms with E-state index in [-0.39, 0.29) is 15.6 Å². The Morgan fingerprint density at radius 2 is 1.65 bits per heavy atom. The molecule has 1 aliphatic rings. The fraction of sp³-hybridized carbons (Fsp3) is 0.294. The van der Waals surface area contributed by atoms with Crippen molar-refractivity contribution in [2.45, 2.75) is 11.8 Å². The summed E-state index contributed by atoms with van der Waals surface area (Å²) in [6.45, 7) is 3.50.